The fraction of sp³-hybridized carbons (Fsp3) is 0.273. The molecule has 0 radical (unpaired) electrons. The van der Waals surface area contributed by atoms with Crippen LogP contribution in [0.25, 0.3) is 22.8 Å². The zero-order chi connectivity index (χ0) is 32.8. The standard InChI is InChI=1S/C33H33F3N6O3S/c1-21(2)28-18-27(44-4)15-16-29(28)42-22(3)19-46-32(42)39-31(43)37-17-5-6-23-7-9-24(10-8-23)30-38-20-41(40-30)25-11-13-26(14-12-25)45-33(34,35)36/h7-16,18-21H,5-6,17H2,1-4H3,(H,37,43). The second-order valence-electron chi connectivity index (χ2n) is 10.8. The average molecular weight is 651 g/mol. The second kappa shape index (κ2) is 14.0. The lowest BCUT2D eigenvalue weighted by Gasteiger charge is -2.16. The van der Waals surface area contributed by atoms with E-state index in [4.69, 9.17) is 4.74 Å². The predicted octanol–water partition coefficient (Wildman–Crippen LogP) is 7.37. The summed E-state index contributed by atoms with van der Waals surface area (Å²) in [7, 11) is 1.65. The minimum Gasteiger partial charge on any atom is -0.497 e. The smallest absolute Gasteiger partial charge is 0.497 e. The Labute approximate surface area is 268 Å². The molecule has 0 aliphatic rings. The summed E-state index contributed by atoms with van der Waals surface area (Å²) in [6.45, 7) is 6.70. The van der Waals surface area contributed by atoms with E-state index >= 15 is 0 Å². The Morgan fingerprint density at radius 1 is 1.04 bits per heavy atom. The summed E-state index contributed by atoms with van der Waals surface area (Å²) in [6, 6.07) is 18.7. The lowest BCUT2D eigenvalue weighted by molar-refractivity contribution is -0.274. The number of methoxy groups -OCH3 is 1. The van der Waals surface area contributed by atoms with Crippen LogP contribution in [-0.4, -0.2) is 45.4 Å². The number of alkyl halides is 3. The highest BCUT2D eigenvalue weighted by molar-refractivity contribution is 7.07. The maximum absolute atomic E-state index is 12.7. The molecule has 0 aliphatic heterocycles. The van der Waals surface area contributed by atoms with Gasteiger partial charge in [-0.25, -0.2) is 14.5 Å². The largest absolute Gasteiger partial charge is 0.573 e. The van der Waals surface area contributed by atoms with Crippen LogP contribution < -0.4 is 19.6 Å². The minimum atomic E-state index is -4.75. The second-order valence-corrected chi connectivity index (χ2v) is 11.6. The maximum atomic E-state index is 12.7. The van der Waals surface area contributed by atoms with Crippen LogP contribution in [0.4, 0.5) is 18.0 Å². The number of aromatic nitrogens is 4. The summed E-state index contributed by atoms with van der Waals surface area (Å²) in [5.41, 5.74) is 5.49. The van der Waals surface area contributed by atoms with Gasteiger partial charge in [-0.2, -0.15) is 4.99 Å². The molecule has 0 fully saturated rings. The molecule has 2 amide bonds. The van der Waals surface area contributed by atoms with E-state index < -0.39 is 12.4 Å². The van der Waals surface area contributed by atoms with Crippen LogP contribution in [0.15, 0.2) is 83.4 Å². The molecular formula is C33H33F3N6O3S. The topological polar surface area (TPSA) is 95.6 Å². The number of amides is 2. The van der Waals surface area contributed by atoms with Gasteiger partial charge in [0.1, 0.15) is 17.8 Å². The molecule has 2 aromatic heterocycles. The van der Waals surface area contributed by atoms with Crippen molar-refractivity contribution in [2.75, 3.05) is 13.7 Å². The van der Waals surface area contributed by atoms with E-state index in [2.05, 4.69) is 39.0 Å². The highest BCUT2D eigenvalue weighted by Crippen LogP contribution is 2.28. The molecule has 3 aromatic carbocycles. The molecule has 0 spiro atoms. The molecule has 0 bridgehead atoms. The quantitative estimate of drug-likeness (QED) is 0.159. The van der Waals surface area contributed by atoms with E-state index in [1.165, 1.54) is 46.6 Å². The van der Waals surface area contributed by atoms with Crippen molar-refractivity contribution in [2.45, 2.75) is 45.9 Å². The molecule has 0 unspecified atom stereocenters. The number of hydrogen-bond donors (Lipinski definition) is 1. The number of urea groups is 1. The number of aryl methyl sites for hydroxylation is 2. The Hall–Kier alpha value is -4.91. The van der Waals surface area contributed by atoms with Crippen molar-refractivity contribution in [1.29, 1.82) is 0 Å². The van der Waals surface area contributed by atoms with E-state index in [0.29, 0.717) is 22.9 Å². The molecule has 240 valence electrons. The number of nitrogens with one attached hydrogen (secondary N) is 1. The van der Waals surface area contributed by atoms with Crippen molar-refractivity contribution >= 4 is 17.4 Å². The lowest BCUT2D eigenvalue weighted by atomic mass is 10.0. The van der Waals surface area contributed by atoms with E-state index in [0.717, 1.165) is 46.7 Å². The number of nitrogens with zero attached hydrogens (tertiary/aromatic N) is 5. The van der Waals surface area contributed by atoms with Crippen molar-refractivity contribution in [3.05, 3.63) is 100 Å². The first kappa shape index (κ1) is 32.5. The van der Waals surface area contributed by atoms with Gasteiger partial charge in [0.05, 0.1) is 18.5 Å². The molecule has 46 heavy (non-hydrogen) atoms. The number of benzene rings is 3. The highest BCUT2D eigenvalue weighted by Gasteiger charge is 2.31. The zero-order valence-corrected chi connectivity index (χ0v) is 26.5. The first-order chi connectivity index (χ1) is 22.0. The summed E-state index contributed by atoms with van der Waals surface area (Å²) < 4.78 is 50.0. The van der Waals surface area contributed by atoms with E-state index in [-0.39, 0.29) is 11.7 Å². The molecular weight excluding hydrogens is 617 g/mol. The normalized spacial score (nSPS) is 12.0. The van der Waals surface area contributed by atoms with Gasteiger partial charge in [-0.1, -0.05) is 38.1 Å². The summed E-state index contributed by atoms with van der Waals surface area (Å²) in [5.74, 6) is 1.20. The summed E-state index contributed by atoms with van der Waals surface area (Å²) >= 11 is 1.42. The molecule has 2 heterocycles. The lowest BCUT2D eigenvalue weighted by Crippen LogP contribution is -2.26. The number of hydrogen-bond acceptors (Lipinski definition) is 6. The molecule has 1 N–H and O–H groups in total. The third-order valence-corrected chi connectivity index (χ3v) is 8.07. The molecule has 0 aliphatic carbocycles. The van der Waals surface area contributed by atoms with Gasteiger partial charge in [0.15, 0.2) is 10.6 Å². The van der Waals surface area contributed by atoms with Gasteiger partial charge >= 0.3 is 12.4 Å². The van der Waals surface area contributed by atoms with E-state index in [1.807, 2.05) is 59.3 Å². The molecule has 0 saturated heterocycles. The van der Waals surface area contributed by atoms with Crippen LogP contribution in [0.2, 0.25) is 0 Å². The molecule has 9 nitrogen and oxygen atoms in total. The van der Waals surface area contributed by atoms with Crippen molar-refractivity contribution in [1.82, 2.24) is 24.6 Å². The van der Waals surface area contributed by atoms with Crippen molar-refractivity contribution < 1.29 is 27.4 Å². The predicted molar refractivity (Wildman–Crippen MR) is 170 cm³/mol. The third kappa shape index (κ3) is 8.02. The Morgan fingerprint density at radius 2 is 1.76 bits per heavy atom. The molecule has 0 saturated carbocycles. The van der Waals surface area contributed by atoms with Crippen LogP contribution in [0.1, 0.15) is 43.0 Å². The number of carbonyl (C=O) groups excluding carboxylic acids is 1. The summed E-state index contributed by atoms with van der Waals surface area (Å²) in [5, 5.41) is 9.32. The van der Waals surface area contributed by atoms with Crippen molar-refractivity contribution in [3.63, 3.8) is 0 Å². The fourth-order valence-corrected chi connectivity index (χ4v) is 5.71. The average Bonchev–Trinajstić information content (AvgIpc) is 3.66. The summed E-state index contributed by atoms with van der Waals surface area (Å²) in [4.78, 5) is 22.0. The number of halogens is 3. The molecule has 13 heteroatoms. The number of rotatable bonds is 10. The van der Waals surface area contributed by atoms with Crippen LogP contribution in [0, 0.1) is 6.92 Å². The third-order valence-electron chi connectivity index (χ3n) is 7.13. The zero-order valence-electron chi connectivity index (χ0n) is 25.7. The van der Waals surface area contributed by atoms with Gasteiger partial charge in [0.25, 0.3) is 0 Å². The Morgan fingerprint density at radius 3 is 2.43 bits per heavy atom. The Balaban J connectivity index is 1.16. The molecule has 5 aromatic rings. The van der Waals surface area contributed by atoms with Crippen LogP contribution in [-0.2, 0) is 6.42 Å². The first-order valence-corrected chi connectivity index (χ1v) is 15.4. The molecule has 0 atom stereocenters. The monoisotopic (exact) mass is 650 g/mol. The number of thiazole rings is 1. The fourth-order valence-electron chi connectivity index (χ4n) is 4.84. The van der Waals surface area contributed by atoms with Crippen LogP contribution in [0.5, 0.6) is 11.5 Å². The Kier molecular flexibility index (Phi) is 9.90. The summed E-state index contributed by atoms with van der Waals surface area (Å²) in [6.07, 6.45) is -1.78. The minimum absolute atomic E-state index is 0.248. The highest BCUT2D eigenvalue weighted by atomic mass is 32.1. The van der Waals surface area contributed by atoms with Gasteiger partial charge in [0.2, 0.25) is 0 Å². The number of ether oxygens (including phenoxy) is 2. The van der Waals surface area contributed by atoms with Gasteiger partial charge in [-0.3, -0.25) is 4.57 Å². The van der Waals surface area contributed by atoms with Gasteiger partial charge in [-0.05, 0) is 79.3 Å². The molecule has 5 rings (SSSR count). The Bertz CT molecular complexity index is 1860. The van der Waals surface area contributed by atoms with E-state index in [9.17, 15) is 18.0 Å². The van der Waals surface area contributed by atoms with E-state index in [1.54, 1.807) is 7.11 Å². The van der Waals surface area contributed by atoms with Crippen LogP contribution >= 0.6 is 11.3 Å². The SMILES string of the molecule is COc1ccc(-n2c(C)csc2=NC(=O)NCCCc2ccc(-c3ncn(-c4ccc(OC(F)(F)F)cc4)n3)cc2)c(C(C)C)c1. The van der Waals surface area contributed by atoms with Crippen LogP contribution in [0.3, 0.4) is 0 Å². The maximum Gasteiger partial charge on any atom is 0.573 e. The van der Waals surface area contributed by atoms with Crippen molar-refractivity contribution in [3.8, 4) is 34.3 Å². The van der Waals surface area contributed by atoms with Crippen molar-refractivity contribution in [2.24, 2.45) is 4.99 Å². The van der Waals surface area contributed by atoms with Gasteiger partial charge < -0.3 is 14.8 Å². The van der Waals surface area contributed by atoms with Gasteiger partial charge in [-0.15, -0.1) is 29.6 Å². The van der Waals surface area contributed by atoms with Gasteiger partial charge in [0, 0.05) is 23.2 Å². The first-order valence-electron chi connectivity index (χ1n) is 14.6. The number of carbonyl (C=O) groups is 1.